The fourth-order valence-electron chi connectivity index (χ4n) is 14.3. The highest BCUT2D eigenvalue weighted by atomic mass is 16.3. The lowest BCUT2D eigenvalue weighted by Crippen LogP contribution is -2.61. The van der Waals surface area contributed by atoms with Gasteiger partial charge in [0.25, 0.3) is 6.71 Å². The fraction of sp³-hybridized carbons (Fsp3) is 0.314. The van der Waals surface area contributed by atoms with E-state index in [4.69, 9.17) is 4.42 Å². The quantitative estimate of drug-likeness (QED) is 0.164. The molecule has 1 saturated carbocycles. The summed E-state index contributed by atoms with van der Waals surface area (Å²) in [6.07, 6.45) is 4.72. The van der Waals surface area contributed by atoms with Gasteiger partial charge in [-0.15, -0.1) is 0 Å². The Hall–Kier alpha value is -6.98. The minimum absolute atomic E-state index is 0.0413. The van der Waals surface area contributed by atoms with Gasteiger partial charge in [0.1, 0.15) is 11.2 Å². The van der Waals surface area contributed by atoms with Gasteiger partial charge in [0.2, 0.25) is 0 Å². The molecule has 4 nitrogen and oxygen atoms in total. The van der Waals surface area contributed by atoms with Crippen LogP contribution in [-0.4, -0.2) is 12.3 Å². The first-order chi connectivity index (χ1) is 35.7. The van der Waals surface area contributed by atoms with Crippen LogP contribution in [0.3, 0.4) is 0 Å². The molecule has 1 aromatic heterocycles. The van der Waals surface area contributed by atoms with Crippen LogP contribution in [-0.2, 0) is 21.7 Å². The highest BCUT2D eigenvalue weighted by Crippen LogP contribution is 2.63. The third kappa shape index (κ3) is 7.01. The molecule has 2 unspecified atom stereocenters. The van der Waals surface area contributed by atoms with Gasteiger partial charge in [-0.25, -0.2) is 0 Å². The van der Waals surface area contributed by atoms with Gasteiger partial charge in [-0.2, -0.15) is 0 Å². The number of anilines is 8. The Balaban J connectivity index is 1.22. The number of rotatable bonds is 4. The van der Waals surface area contributed by atoms with Crippen LogP contribution in [0, 0.1) is 13.8 Å². The van der Waals surface area contributed by atoms with Crippen LogP contribution >= 0.6 is 0 Å². The van der Waals surface area contributed by atoms with Gasteiger partial charge in [-0.1, -0.05) is 173 Å². The number of para-hydroxylation sites is 1. The Morgan fingerprint density at radius 2 is 1.07 bits per heavy atom. The number of aryl methyl sites for hydroxylation is 2. The molecule has 1 fully saturated rings. The minimum atomic E-state index is -0.176. The zero-order valence-electron chi connectivity index (χ0n) is 46.6. The molecule has 0 radical (unpaired) electrons. The van der Waals surface area contributed by atoms with Crippen LogP contribution in [0.4, 0.5) is 45.5 Å². The molecule has 0 N–H and O–H groups in total. The van der Waals surface area contributed by atoms with Crippen molar-refractivity contribution in [3.05, 3.63) is 185 Å². The molecule has 0 saturated heterocycles. The molecule has 4 aliphatic rings. The van der Waals surface area contributed by atoms with E-state index in [0.717, 1.165) is 40.5 Å². The first kappa shape index (κ1) is 47.7. The van der Waals surface area contributed by atoms with Crippen LogP contribution in [0.15, 0.2) is 156 Å². The van der Waals surface area contributed by atoms with E-state index in [9.17, 15) is 0 Å². The van der Waals surface area contributed by atoms with Crippen LogP contribution in [0.1, 0.15) is 135 Å². The smallest absolute Gasteiger partial charge is 0.252 e. The minimum Gasteiger partial charge on any atom is -0.456 e. The van der Waals surface area contributed by atoms with Gasteiger partial charge in [-0.05, 0) is 166 Å². The molecular weight excluding hydrogens is 910 g/mol. The van der Waals surface area contributed by atoms with Crippen molar-refractivity contribution in [2.24, 2.45) is 0 Å². The van der Waals surface area contributed by atoms with E-state index >= 15 is 0 Å². The van der Waals surface area contributed by atoms with Crippen molar-refractivity contribution in [2.45, 2.75) is 143 Å². The van der Waals surface area contributed by atoms with Crippen molar-refractivity contribution in [3.8, 4) is 11.1 Å². The van der Waals surface area contributed by atoms with Crippen molar-refractivity contribution < 1.29 is 4.42 Å². The van der Waals surface area contributed by atoms with E-state index < -0.39 is 0 Å². The summed E-state index contributed by atoms with van der Waals surface area (Å²) >= 11 is 0. The molecule has 0 spiro atoms. The average Bonchev–Trinajstić information content (AvgIpc) is 4.05. The summed E-state index contributed by atoms with van der Waals surface area (Å²) in [6.45, 7) is 30.9. The Morgan fingerprint density at radius 3 is 1.72 bits per heavy atom. The molecule has 1 aliphatic carbocycles. The Kier molecular flexibility index (Phi) is 10.3. The molecule has 376 valence electrons. The van der Waals surface area contributed by atoms with Crippen molar-refractivity contribution in [2.75, 3.05) is 14.7 Å². The molecule has 0 bridgehead atoms. The van der Waals surface area contributed by atoms with Crippen molar-refractivity contribution >= 4 is 90.5 Å². The van der Waals surface area contributed by atoms with Gasteiger partial charge >= 0.3 is 0 Å². The van der Waals surface area contributed by atoms with E-state index in [1.165, 1.54) is 114 Å². The predicted molar refractivity (Wildman–Crippen MR) is 322 cm³/mol. The van der Waals surface area contributed by atoms with Crippen molar-refractivity contribution in [3.63, 3.8) is 0 Å². The zero-order chi connectivity index (χ0) is 52.3. The van der Waals surface area contributed by atoms with Crippen LogP contribution in [0.2, 0.25) is 0 Å². The lowest BCUT2D eigenvalue weighted by atomic mass is 9.33. The summed E-state index contributed by atoms with van der Waals surface area (Å²) < 4.78 is 6.77. The first-order valence-corrected chi connectivity index (χ1v) is 27.7. The van der Waals surface area contributed by atoms with E-state index in [1.54, 1.807) is 0 Å². The molecule has 75 heavy (non-hydrogen) atoms. The molecular formula is C70H72BN3O. The Bertz CT molecular complexity index is 3820. The maximum atomic E-state index is 6.77. The highest BCUT2D eigenvalue weighted by Gasteiger charge is 2.59. The molecule has 13 rings (SSSR count). The van der Waals surface area contributed by atoms with Gasteiger partial charge < -0.3 is 19.1 Å². The van der Waals surface area contributed by atoms with Crippen molar-refractivity contribution in [1.82, 2.24) is 0 Å². The molecule has 2 atom stereocenters. The predicted octanol–water partition coefficient (Wildman–Crippen LogP) is 17.6. The second-order valence-corrected chi connectivity index (χ2v) is 26.3. The third-order valence-corrected chi connectivity index (χ3v) is 18.4. The molecule has 9 aromatic rings. The van der Waals surface area contributed by atoms with Crippen LogP contribution < -0.4 is 31.1 Å². The highest BCUT2D eigenvalue weighted by molar-refractivity contribution is 7.00. The first-order valence-electron chi connectivity index (χ1n) is 27.7. The van der Waals surface area contributed by atoms with Gasteiger partial charge in [0.15, 0.2) is 0 Å². The number of fused-ring (bicyclic) bond motifs is 10. The molecule has 3 aliphatic heterocycles. The van der Waals surface area contributed by atoms with Crippen LogP contribution in [0.5, 0.6) is 0 Å². The number of hydrogen-bond donors (Lipinski definition) is 0. The fourth-order valence-corrected chi connectivity index (χ4v) is 14.3. The van der Waals surface area contributed by atoms with E-state index in [0.29, 0.717) is 0 Å². The van der Waals surface area contributed by atoms with Crippen LogP contribution in [0.25, 0.3) is 33.1 Å². The lowest BCUT2D eigenvalue weighted by molar-refractivity contribution is 0.194. The normalized spacial score (nSPS) is 19.1. The topological polar surface area (TPSA) is 22.9 Å². The maximum absolute atomic E-state index is 6.77. The second-order valence-electron chi connectivity index (χ2n) is 26.3. The standard InChI is InChI=1S/C70H72BN3O/c1-43-36-44(2)64-58(37-43)74(70(13)35-20-19-34-69(64,70)12)49-41-59-65-60(42-49)73(55-25-21-27-62-63(55)50-24-17-18-26-61(50)75-62)57-40-48(68(9,10)11)29-32-53(57)71(65)52-31-28-47(67(6,7)8)39-56(52)72(59)54-33-30-46(66(3,4)5)38-51(54)45-22-15-14-16-23-45/h14-18,21-33,36-42H,19-20,34-35H2,1-13H3. The monoisotopic (exact) mass is 982 g/mol. The summed E-state index contributed by atoms with van der Waals surface area (Å²) in [5.74, 6) is 0. The van der Waals surface area contributed by atoms with E-state index in [1.807, 2.05) is 0 Å². The lowest BCUT2D eigenvalue weighted by Gasteiger charge is -2.51. The summed E-state index contributed by atoms with van der Waals surface area (Å²) in [5.41, 5.74) is 25.8. The molecule has 4 heterocycles. The summed E-state index contributed by atoms with van der Waals surface area (Å²) in [5, 5.41) is 2.26. The van der Waals surface area contributed by atoms with Gasteiger partial charge in [-0.3, -0.25) is 0 Å². The summed E-state index contributed by atoms with van der Waals surface area (Å²) in [6, 6.07) is 58.8. The summed E-state index contributed by atoms with van der Waals surface area (Å²) in [7, 11) is 0. The maximum Gasteiger partial charge on any atom is 0.252 e. The Morgan fingerprint density at radius 1 is 0.493 bits per heavy atom. The second kappa shape index (κ2) is 16.3. The molecule has 5 heteroatoms. The van der Waals surface area contributed by atoms with E-state index in [2.05, 4.69) is 256 Å². The number of hydrogen-bond acceptors (Lipinski definition) is 4. The zero-order valence-corrected chi connectivity index (χ0v) is 46.6. The molecule has 0 amide bonds. The third-order valence-electron chi connectivity index (χ3n) is 18.4. The number of nitrogens with zero attached hydrogens (tertiary/aromatic N) is 3. The summed E-state index contributed by atoms with van der Waals surface area (Å²) in [4.78, 5) is 8.18. The van der Waals surface area contributed by atoms with Gasteiger partial charge in [0, 0.05) is 50.5 Å². The SMILES string of the molecule is Cc1cc(C)c2c(c1)N(c1cc3c4c(c1)N(c1cccc5oc6ccccc6c15)c1cc(C(C)(C)C)ccc1B4c1ccc(C(C)(C)C)cc1N3c1ccc(C(C)(C)C)cc1-c1ccccc1)C1(C)CCCCC21C. The van der Waals surface area contributed by atoms with Crippen molar-refractivity contribution in [1.29, 1.82) is 0 Å². The van der Waals surface area contributed by atoms with Gasteiger partial charge in [0.05, 0.1) is 22.3 Å². The number of benzene rings is 8. The Labute approximate surface area is 446 Å². The average molecular weight is 982 g/mol. The largest absolute Gasteiger partial charge is 0.456 e. The van der Waals surface area contributed by atoms with E-state index in [-0.39, 0.29) is 33.9 Å². The number of furan rings is 1. The molecule has 8 aromatic carbocycles.